The van der Waals surface area contributed by atoms with Crippen molar-refractivity contribution in [1.82, 2.24) is 10.2 Å². The van der Waals surface area contributed by atoms with Crippen LogP contribution in [0.15, 0.2) is 60.7 Å². The highest BCUT2D eigenvalue weighted by molar-refractivity contribution is 7.60. The molecule has 0 aromatic heterocycles. The van der Waals surface area contributed by atoms with Crippen molar-refractivity contribution in [1.29, 1.82) is 0 Å². The number of benzene rings is 2. The first-order chi connectivity index (χ1) is 18.9. The fourth-order valence-corrected chi connectivity index (χ4v) is 6.84. The lowest BCUT2D eigenvalue weighted by molar-refractivity contribution is -0.147. The number of carboxylic acid groups (broad SMARTS) is 1. The van der Waals surface area contributed by atoms with Gasteiger partial charge in [0.05, 0.1) is 0 Å². The van der Waals surface area contributed by atoms with Crippen LogP contribution in [0.2, 0.25) is 0 Å². The fourth-order valence-electron chi connectivity index (χ4n) is 4.57. The van der Waals surface area contributed by atoms with Crippen LogP contribution in [-0.4, -0.2) is 64.7 Å². The number of nitrogens with zero attached hydrogens (tertiary/aromatic N) is 1. The number of amides is 2. The molecule has 0 radical (unpaired) electrons. The van der Waals surface area contributed by atoms with Crippen LogP contribution in [-0.2, 0) is 29.9 Å². The molecule has 2 N–H and O–H groups in total. The number of likely N-dealkylation sites (tertiary alicyclic amines) is 1. The summed E-state index contributed by atoms with van der Waals surface area (Å²) in [4.78, 5) is 52.3. The molecule has 2 amide bonds. The Bertz CT molecular complexity index is 1230. The Morgan fingerprint density at radius 2 is 1.68 bits per heavy atom. The first kappa shape index (κ1) is 31.2. The smallest absolute Gasteiger partial charge is 0.326 e. The lowest BCUT2D eigenvalue weighted by Gasteiger charge is -2.31. The number of carbonyl (C=O) groups excluding carboxylic acids is 3. The molecule has 40 heavy (non-hydrogen) atoms. The topological polar surface area (TPSA) is 130 Å². The van der Waals surface area contributed by atoms with E-state index in [0.717, 1.165) is 5.56 Å². The van der Waals surface area contributed by atoms with E-state index in [1.165, 1.54) is 4.90 Å². The number of carbonyl (C=O) groups is 4. The molecule has 0 bridgehead atoms. The molecule has 0 aliphatic carbocycles. The molecule has 2 unspecified atom stereocenters. The van der Waals surface area contributed by atoms with E-state index in [0.29, 0.717) is 31.2 Å². The van der Waals surface area contributed by atoms with E-state index in [4.69, 9.17) is 4.52 Å². The van der Waals surface area contributed by atoms with Crippen LogP contribution in [0.4, 0.5) is 0 Å². The Balaban J connectivity index is 1.91. The van der Waals surface area contributed by atoms with Crippen LogP contribution in [0.3, 0.4) is 0 Å². The van der Waals surface area contributed by atoms with E-state index in [-0.39, 0.29) is 18.7 Å². The Morgan fingerprint density at radius 3 is 2.27 bits per heavy atom. The number of carboxylic acids is 1. The van der Waals surface area contributed by atoms with Crippen molar-refractivity contribution in [2.24, 2.45) is 5.41 Å². The van der Waals surface area contributed by atoms with E-state index >= 15 is 0 Å². The largest absolute Gasteiger partial charge is 0.480 e. The number of aryl methyl sites for hydroxylation is 1. The average Bonchev–Trinajstić information content (AvgIpc) is 3.42. The van der Waals surface area contributed by atoms with Crippen molar-refractivity contribution < 1.29 is 33.4 Å². The van der Waals surface area contributed by atoms with Gasteiger partial charge in [-0.25, -0.2) is 4.79 Å². The summed E-state index contributed by atoms with van der Waals surface area (Å²) in [5, 5.41) is 12.4. The van der Waals surface area contributed by atoms with Crippen molar-refractivity contribution in [2.75, 3.05) is 19.3 Å². The Morgan fingerprint density at radius 1 is 1.05 bits per heavy atom. The van der Waals surface area contributed by atoms with Crippen molar-refractivity contribution >= 4 is 30.9 Å². The van der Waals surface area contributed by atoms with E-state index in [1.54, 1.807) is 51.1 Å². The van der Waals surface area contributed by atoms with Gasteiger partial charge in [0.1, 0.15) is 24.6 Å². The fraction of sp³-hybridized carbons (Fsp3) is 0.467. The second kappa shape index (κ2) is 13.9. The van der Waals surface area contributed by atoms with Gasteiger partial charge in [-0.1, -0.05) is 69.3 Å². The van der Waals surface area contributed by atoms with Gasteiger partial charge in [-0.3, -0.25) is 18.9 Å². The molecule has 216 valence electrons. The Kier molecular flexibility index (Phi) is 10.8. The van der Waals surface area contributed by atoms with E-state index in [9.17, 15) is 28.8 Å². The zero-order valence-corrected chi connectivity index (χ0v) is 24.3. The molecule has 3 rings (SSSR count). The maximum absolute atomic E-state index is 14.6. The summed E-state index contributed by atoms with van der Waals surface area (Å²) in [7, 11) is -4.05. The summed E-state index contributed by atoms with van der Waals surface area (Å²) >= 11 is 0. The highest BCUT2D eigenvalue weighted by Gasteiger charge is 2.43. The minimum absolute atomic E-state index is 0.226. The lowest BCUT2D eigenvalue weighted by Crippen LogP contribution is -2.44. The maximum atomic E-state index is 14.6. The third-order valence-corrected chi connectivity index (χ3v) is 9.67. The third-order valence-electron chi connectivity index (χ3n) is 7.06. The van der Waals surface area contributed by atoms with Gasteiger partial charge >= 0.3 is 5.97 Å². The predicted molar refractivity (Wildman–Crippen MR) is 152 cm³/mol. The van der Waals surface area contributed by atoms with Crippen LogP contribution >= 0.6 is 7.37 Å². The number of Topliss-reactive ketones (excluding diaryl/α,β-unsaturated/α-hetero) is 1. The quantitative estimate of drug-likeness (QED) is 0.333. The lowest BCUT2D eigenvalue weighted by atomic mass is 9.91. The minimum atomic E-state index is -4.05. The number of rotatable bonds is 13. The average molecular weight is 571 g/mol. The molecule has 1 aliphatic heterocycles. The molecule has 9 nitrogen and oxygen atoms in total. The van der Waals surface area contributed by atoms with Crippen LogP contribution in [0.5, 0.6) is 0 Å². The molecule has 1 saturated heterocycles. The maximum Gasteiger partial charge on any atom is 0.326 e. The van der Waals surface area contributed by atoms with Gasteiger partial charge in [-0.15, -0.1) is 0 Å². The van der Waals surface area contributed by atoms with Crippen LogP contribution in [0, 0.1) is 5.41 Å². The van der Waals surface area contributed by atoms with Gasteiger partial charge in [-0.05, 0) is 49.8 Å². The van der Waals surface area contributed by atoms with Crippen molar-refractivity contribution in [3.63, 3.8) is 0 Å². The first-order valence-corrected chi connectivity index (χ1v) is 15.5. The molecule has 1 aliphatic rings. The van der Waals surface area contributed by atoms with Gasteiger partial charge in [0.2, 0.25) is 13.3 Å². The number of aliphatic carboxylic acids is 1. The number of ketones is 1. The summed E-state index contributed by atoms with van der Waals surface area (Å²) < 4.78 is 20.5. The summed E-state index contributed by atoms with van der Waals surface area (Å²) in [6.07, 6.45) is 1.60. The highest BCUT2D eigenvalue weighted by atomic mass is 31.2. The standard InChI is InChI=1S/C30H39N2O7P/c1-30(2,3)25(33)20-39-40(38,21-27(34)32-19-11-17-24(32)29(36)37)26(18-10-14-22-12-6-4-7-13-22)31-28(35)23-15-8-5-9-16-23/h4-9,12-13,15-16,24,26H,10-11,14,17-21H2,1-3H3,(H,31,35)(H,36,37)/t24-,26?,40?/m0/s1. The number of hydrogen-bond donors (Lipinski definition) is 2. The van der Waals surface area contributed by atoms with Gasteiger partial charge in [0.25, 0.3) is 5.91 Å². The predicted octanol–water partition coefficient (Wildman–Crippen LogP) is 4.75. The van der Waals surface area contributed by atoms with Crippen molar-refractivity contribution in [3.05, 3.63) is 71.8 Å². The summed E-state index contributed by atoms with van der Waals surface area (Å²) in [6.45, 7) is 4.87. The number of hydrogen-bond acceptors (Lipinski definition) is 6. The molecule has 10 heteroatoms. The molecule has 3 atom stereocenters. The van der Waals surface area contributed by atoms with E-state index in [2.05, 4.69) is 5.32 Å². The molecular weight excluding hydrogens is 531 g/mol. The van der Waals surface area contributed by atoms with Gasteiger partial charge in [0.15, 0.2) is 5.78 Å². The van der Waals surface area contributed by atoms with Crippen molar-refractivity contribution in [2.45, 2.75) is 64.7 Å². The normalized spacial score (nSPS) is 17.6. The van der Waals surface area contributed by atoms with Crippen molar-refractivity contribution in [3.8, 4) is 0 Å². The monoisotopic (exact) mass is 570 g/mol. The van der Waals surface area contributed by atoms with Gasteiger partial charge in [-0.2, -0.15) is 0 Å². The Labute approximate surface area is 235 Å². The van der Waals surface area contributed by atoms with E-state index in [1.807, 2.05) is 30.3 Å². The minimum Gasteiger partial charge on any atom is -0.480 e. The summed E-state index contributed by atoms with van der Waals surface area (Å²) in [5.41, 5.74) is 0.644. The van der Waals surface area contributed by atoms with Crippen LogP contribution in [0.25, 0.3) is 0 Å². The SMILES string of the molecule is CC(C)(C)C(=O)COP(=O)(CC(=O)N1CCC[C@H]1C(=O)O)C(CCCc1ccccc1)NC(=O)c1ccccc1. The zero-order chi connectivity index (χ0) is 29.3. The molecular formula is C30H39N2O7P. The van der Waals surface area contributed by atoms with Crippen LogP contribution < -0.4 is 5.32 Å². The number of nitrogens with one attached hydrogen (secondary N) is 1. The second-order valence-electron chi connectivity index (χ2n) is 11.1. The zero-order valence-electron chi connectivity index (χ0n) is 23.4. The first-order valence-electron chi connectivity index (χ1n) is 13.6. The highest BCUT2D eigenvalue weighted by Crippen LogP contribution is 2.53. The Hall–Kier alpha value is -3.29. The molecule has 1 heterocycles. The summed E-state index contributed by atoms with van der Waals surface area (Å²) in [5.74, 6) is -3.60. The molecule has 2 aromatic rings. The summed E-state index contributed by atoms with van der Waals surface area (Å²) in [6, 6.07) is 17.1. The molecule has 0 spiro atoms. The third kappa shape index (κ3) is 8.60. The van der Waals surface area contributed by atoms with Gasteiger partial charge in [0, 0.05) is 17.5 Å². The molecule has 0 saturated carbocycles. The second-order valence-corrected chi connectivity index (χ2v) is 13.8. The molecule has 2 aromatic carbocycles. The van der Waals surface area contributed by atoms with Gasteiger partial charge < -0.3 is 19.8 Å². The van der Waals surface area contributed by atoms with Crippen LogP contribution in [0.1, 0.15) is 62.4 Å². The van der Waals surface area contributed by atoms with E-state index < -0.39 is 55.2 Å². The molecule has 1 fully saturated rings.